The molecule has 1 aromatic carbocycles. The van der Waals surface area contributed by atoms with Gasteiger partial charge in [-0.05, 0) is 19.1 Å². The zero-order valence-corrected chi connectivity index (χ0v) is 14.2. The Labute approximate surface area is 139 Å². The van der Waals surface area contributed by atoms with Crippen LogP contribution in [0.15, 0.2) is 12.1 Å². The molecule has 0 saturated carbocycles. The standard InChI is InChI=1S/C14H19Cl2N3OS/c1-9-8-21-5-4-19(9)3-2-13(20)18-14-11(16)6-10(15)7-12(14)17/h6-7,9H,2-5,8,17H2,1H3,(H,18,20). The molecule has 7 heteroatoms. The molecule has 0 bridgehead atoms. The number of thioether (sulfide) groups is 1. The number of amides is 1. The fourth-order valence-corrected chi connectivity index (χ4v) is 3.90. The van der Waals surface area contributed by atoms with Crippen molar-refractivity contribution < 1.29 is 4.79 Å². The van der Waals surface area contributed by atoms with Crippen molar-refractivity contribution in [3.63, 3.8) is 0 Å². The molecule has 1 fully saturated rings. The van der Waals surface area contributed by atoms with E-state index in [1.807, 2.05) is 11.8 Å². The summed E-state index contributed by atoms with van der Waals surface area (Å²) in [6, 6.07) is 3.66. The van der Waals surface area contributed by atoms with Crippen LogP contribution in [0.5, 0.6) is 0 Å². The van der Waals surface area contributed by atoms with Crippen LogP contribution in [0.1, 0.15) is 13.3 Å². The summed E-state index contributed by atoms with van der Waals surface area (Å²) in [5.41, 5.74) is 6.65. The van der Waals surface area contributed by atoms with Gasteiger partial charge in [-0.3, -0.25) is 9.69 Å². The maximum Gasteiger partial charge on any atom is 0.225 e. The Kier molecular flexibility index (Phi) is 6.05. The van der Waals surface area contributed by atoms with Gasteiger partial charge in [-0.1, -0.05) is 23.2 Å². The summed E-state index contributed by atoms with van der Waals surface area (Å²) in [6.45, 7) is 3.97. The number of nitrogens with one attached hydrogen (secondary N) is 1. The van der Waals surface area contributed by atoms with Crippen molar-refractivity contribution in [2.24, 2.45) is 0 Å². The van der Waals surface area contributed by atoms with Crippen LogP contribution in [0.2, 0.25) is 10.0 Å². The number of nitrogen functional groups attached to an aromatic ring is 1. The van der Waals surface area contributed by atoms with E-state index in [1.165, 1.54) is 0 Å². The zero-order valence-electron chi connectivity index (χ0n) is 11.9. The molecule has 116 valence electrons. The highest BCUT2D eigenvalue weighted by Gasteiger charge is 2.19. The topological polar surface area (TPSA) is 58.4 Å². The summed E-state index contributed by atoms with van der Waals surface area (Å²) >= 11 is 13.9. The second kappa shape index (κ2) is 7.58. The van der Waals surface area contributed by atoms with Crippen LogP contribution < -0.4 is 11.1 Å². The average molecular weight is 348 g/mol. The number of hydrogen-bond donors (Lipinski definition) is 2. The molecule has 1 unspecified atom stereocenters. The SMILES string of the molecule is CC1CSCCN1CCC(=O)Nc1c(N)cc(Cl)cc1Cl. The summed E-state index contributed by atoms with van der Waals surface area (Å²) in [5.74, 6) is 2.16. The number of rotatable bonds is 4. The van der Waals surface area contributed by atoms with Crippen LogP contribution in [-0.4, -0.2) is 41.4 Å². The first kappa shape index (κ1) is 16.7. The van der Waals surface area contributed by atoms with Crippen molar-refractivity contribution >= 4 is 52.2 Å². The van der Waals surface area contributed by atoms with E-state index in [-0.39, 0.29) is 5.91 Å². The van der Waals surface area contributed by atoms with Crippen LogP contribution in [-0.2, 0) is 4.79 Å². The Hall–Kier alpha value is -0.620. The quantitative estimate of drug-likeness (QED) is 0.820. The molecule has 0 spiro atoms. The molecule has 1 aliphatic heterocycles. The molecule has 21 heavy (non-hydrogen) atoms. The maximum absolute atomic E-state index is 12.1. The van der Waals surface area contributed by atoms with E-state index in [9.17, 15) is 4.79 Å². The number of hydrogen-bond acceptors (Lipinski definition) is 4. The van der Waals surface area contributed by atoms with Crippen LogP contribution in [0.4, 0.5) is 11.4 Å². The molecule has 2 rings (SSSR count). The third-order valence-electron chi connectivity index (χ3n) is 3.48. The Bertz CT molecular complexity index is 504. The first-order valence-electron chi connectivity index (χ1n) is 6.83. The van der Waals surface area contributed by atoms with Crippen molar-refractivity contribution in [2.75, 3.05) is 35.6 Å². The third-order valence-corrected chi connectivity index (χ3v) is 5.19. The molecule has 0 aliphatic carbocycles. The fourth-order valence-electron chi connectivity index (χ4n) is 2.27. The van der Waals surface area contributed by atoms with Crippen molar-refractivity contribution in [1.82, 2.24) is 4.90 Å². The lowest BCUT2D eigenvalue weighted by Gasteiger charge is -2.32. The predicted molar refractivity (Wildman–Crippen MR) is 92.5 cm³/mol. The summed E-state index contributed by atoms with van der Waals surface area (Å²) in [7, 11) is 0. The highest BCUT2D eigenvalue weighted by molar-refractivity contribution is 7.99. The number of nitrogens with zero attached hydrogens (tertiary/aromatic N) is 1. The third kappa shape index (κ3) is 4.68. The Morgan fingerprint density at radius 3 is 2.95 bits per heavy atom. The van der Waals surface area contributed by atoms with Gasteiger partial charge in [0, 0.05) is 42.1 Å². The van der Waals surface area contributed by atoms with E-state index in [4.69, 9.17) is 28.9 Å². The molecule has 1 atom stereocenters. The molecular formula is C14H19Cl2N3OS. The summed E-state index contributed by atoms with van der Waals surface area (Å²) in [4.78, 5) is 14.4. The minimum atomic E-state index is -0.0867. The molecule has 0 radical (unpaired) electrons. The lowest BCUT2D eigenvalue weighted by atomic mass is 10.2. The van der Waals surface area contributed by atoms with Gasteiger partial charge in [-0.25, -0.2) is 0 Å². The van der Waals surface area contributed by atoms with E-state index in [2.05, 4.69) is 17.1 Å². The largest absolute Gasteiger partial charge is 0.397 e. The number of carbonyl (C=O) groups is 1. The summed E-state index contributed by atoms with van der Waals surface area (Å²) in [6.07, 6.45) is 0.424. The normalized spacial score (nSPS) is 19.5. The Balaban J connectivity index is 1.90. The molecule has 3 N–H and O–H groups in total. The lowest BCUT2D eigenvalue weighted by Crippen LogP contribution is -2.41. The van der Waals surface area contributed by atoms with Gasteiger partial charge in [-0.15, -0.1) is 0 Å². The van der Waals surface area contributed by atoms with Crippen molar-refractivity contribution in [3.05, 3.63) is 22.2 Å². The molecular weight excluding hydrogens is 329 g/mol. The number of carbonyl (C=O) groups excluding carboxylic acids is 1. The fraction of sp³-hybridized carbons (Fsp3) is 0.500. The van der Waals surface area contributed by atoms with Crippen molar-refractivity contribution in [1.29, 1.82) is 0 Å². The van der Waals surface area contributed by atoms with Crippen LogP contribution >= 0.6 is 35.0 Å². The molecule has 1 heterocycles. The van der Waals surface area contributed by atoms with Crippen LogP contribution in [0.25, 0.3) is 0 Å². The van der Waals surface area contributed by atoms with Crippen LogP contribution in [0.3, 0.4) is 0 Å². The summed E-state index contributed by atoms with van der Waals surface area (Å²) < 4.78 is 0. The number of anilines is 2. The minimum Gasteiger partial charge on any atom is -0.397 e. The van der Waals surface area contributed by atoms with Gasteiger partial charge in [-0.2, -0.15) is 11.8 Å². The second-order valence-electron chi connectivity index (χ2n) is 5.11. The number of benzene rings is 1. The second-order valence-corrected chi connectivity index (χ2v) is 7.10. The Morgan fingerprint density at radius 2 is 2.29 bits per heavy atom. The first-order chi connectivity index (χ1) is 9.97. The highest BCUT2D eigenvalue weighted by Crippen LogP contribution is 2.32. The monoisotopic (exact) mass is 347 g/mol. The molecule has 1 amide bonds. The average Bonchev–Trinajstić information content (AvgIpc) is 2.42. The van der Waals surface area contributed by atoms with E-state index >= 15 is 0 Å². The van der Waals surface area contributed by atoms with Gasteiger partial charge >= 0.3 is 0 Å². The van der Waals surface area contributed by atoms with Crippen molar-refractivity contribution in [3.8, 4) is 0 Å². The Morgan fingerprint density at radius 1 is 1.52 bits per heavy atom. The molecule has 0 aromatic heterocycles. The van der Waals surface area contributed by atoms with Gasteiger partial charge in [0.25, 0.3) is 0 Å². The lowest BCUT2D eigenvalue weighted by molar-refractivity contribution is -0.116. The van der Waals surface area contributed by atoms with E-state index in [1.54, 1.807) is 12.1 Å². The predicted octanol–water partition coefficient (Wildman–Crippen LogP) is 3.34. The number of halogens is 2. The smallest absolute Gasteiger partial charge is 0.225 e. The van der Waals surface area contributed by atoms with E-state index in [0.717, 1.165) is 24.6 Å². The minimum absolute atomic E-state index is 0.0867. The van der Waals surface area contributed by atoms with Gasteiger partial charge in [0.05, 0.1) is 16.4 Å². The van der Waals surface area contributed by atoms with Gasteiger partial charge in [0.2, 0.25) is 5.91 Å². The van der Waals surface area contributed by atoms with Gasteiger partial charge in [0.15, 0.2) is 0 Å². The zero-order chi connectivity index (χ0) is 15.4. The van der Waals surface area contributed by atoms with E-state index in [0.29, 0.717) is 33.9 Å². The van der Waals surface area contributed by atoms with E-state index < -0.39 is 0 Å². The highest BCUT2D eigenvalue weighted by atomic mass is 35.5. The van der Waals surface area contributed by atoms with Gasteiger partial charge < -0.3 is 11.1 Å². The molecule has 1 aromatic rings. The summed E-state index contributed by atoms with van der Waals surface area (Å²) in [5, 5.41) is 3.59. The molecule has 1 aliphatic rings. The first-order valence-corrected chi connectivity index (χ1v) is 8.74. The van der Waals surface area contributed by atoms with Gasteiger partial charge in [0.1, 0.15) is 0 Å². The number of nitrogens with two attached hydrogens (primary N) is 1. The van der Waals surface area contributed by atoms with Crippen molar-refractivity contribution in [2.45, 2.75) is 19.4 Å². The maximum atomic E-state index is 12.1. The van der Waals surface area contributed by atoms with Crippen LogP contribution in [0, 0.1) is 0 Å². The molecule has 1 saturated heterocycles. The molecule has 4 nitrogen and oxygen atoms in total.